The van der Waals surface area contributed by atoms with Gasteiger partial charge in [0.1, 0.15) is 0 Å². The van der Waals surface area contributed by atoms with E-state index in [-0.39, 0.29) is 5.92 Å². The molecule has 23 heavy (non-hydrogen) atoms. The number of para-hydroxylation sites is 1. The number of hydrogen-bond donors (Lipinski definition) is 1. The first-order chi connectivity index (χ1) is 11.2. The molecule has 0 amide bonds. The third-order valence-corrected chi connectivity index (χ3v) is 4.01. The first kappa shape index (κ1) is 17.2. The van der Waals surface area contributed by atoms with Crippen molar-refractivity contribution in [2.45, 2.75) is 19.3 Å². The monoisotopic (exact) mass is 315 g/mol. The third kappa shape index (κ3) is 4.17. The highest BCUT2D eigenvalue weighted by molar-refractivity contribution is 5.51. The van der Waals surface area contributed by atoms with Crippen LogP contribution in [0, 0.1) is 6.92 Å². The molecule has 0 bridgehead atoms. The van der Waals surface area contributed by atoms with Crippen molar-refractivity contribution in [3.05, 3.63) is 53.6 Å². The molecule has 0 spiro atoms. The first-order valence-electron chi connectivity index (χ1n) is 7.80. The van der Waals surface area contributed by atoms with Gasteiger partial charge in [0.2, 0.25) is 5.75 Å². The van der Waals surface area contributed by atoms with Gasteiger partial charge in [0.05, 0.1) is 20.8 Å². The van der Waals surface area contributed by atoms with Crippen LogP contribution in [-0.2, 0) is 0 Å². The summed E-state index contributed by atoms with van der Waals surface area (Å²) in [5.74, 6) is 2.25. The number of methoxy groups -OCH3 is 2. The third-order valence-electron chi connectivity index (χ3n) is 4.01. The van der Waals surface area contributed by atoms with Crippen LogP contribution in [0.2, 0.25) is 0 Å². The molecule has 1 atom stereocenters. The van der Waals surface area contributed by atoms with Crippen LogP contribution >= 0.6 is 0 Å². The number of aryl methyl sites for hydroxylation is 1. The molecule has 4 nitrogen and oxygen atoms in total. The number of benzene rings is 2. The maximum atomic E-state index is 5.96. The molecular weight excluding hydrogens is 290 g/mol. The summed E-state index contributed by atoms with van der Waals surface area (Å²) >= 11 is 0. The van der Waals surface area contributed by atoms with E-state index in [4.69, 9.17) is 19.9 Å². The molecule has 0 aromatic heterocycles. The lowest BCUT2D eigenvalue weighted by molar-refractivity contribution is 0.263. The molecule has 0 saturated heterocycles. The highest BCUT2D eigenvalue weighted by Gasteiger charge is 2.15. The normalized spacial score (nSPS) is 11.8. The van der Waals surface area contributed by atoms with Crippen molar-refractivity contribution >= 4 is 0 Å². The van der Waals surface area contributed by atoms with Gasteiger partial charge >= 0.3 is 0 Å². The Bertz CT molecular complexity index is 606. The first-order valence-corrected chi connectivity index (χ1v) is 7.80. The minimum atomic E-state index is 0.275. The lowest BCUT2D eigenvalue weighted by Crippen LogP contribution is -2.16. The average molecular weight is 315 g/mol. The van der Waals surface area contributed by atoms with E-state index in [1.165, 1.54) is 11.1 Å². The number of rotatable bonds is 8. The molecule has 0 heterocycles. The SMILES string of the molecule is COc1cccc(OC)c1OCCC(CN)c1ccccc1C. The zero-order chi connectivity index (χ0) is 16.7. The highest BCUT2D eigenvalue weighted by atomic mass is 16.5. The van der Waals surface area contributed by atoms with E-state index >= 15 is 0 Å². The van der Waals surface area contributed by atoms with Crippen molar-refractivity contribution in [2.75, 3.05) is 27.4 Å². The van der Waals surface area contributed by atoms with Gasteiger partial charge in [-0.3, -0.25) is 0 Å². The fraction of sp³-hybridized carbons (Fsp3) is 0.368. The van der Waals surface area contributed by atoms with Gasteiger partial charge in [0.25, 0.3) is 0 Å². The summed E-state index contributed by atoms with van der Waals surface area (Å²) in [5.41, 5.74) is 8.51. The number of nitrogens with two attached hydrogens (primary N) is 1. The number of hydrogen-bond acceptors (Lipinski definition) is 4. The summed E-state index contributed by atoms with van der Waals surface area (Å²) in [7, 11) is 3.25. The van der Waals surface area contributed by atoms with E-state index in [2.05, 4.69) is 25.1 Å². The average Bonchev–Trinajstić information content (AvgIpc) is 2.59. The van der Waals surface area contributed by atoms with E-state index in [0.717, 1.165) is 6.42 Å². The molecule has 2 rings (SSSR count). The smallest absolute Gasteiger partial charge is 0.203 e. The van der Waals surface area contributed by atoms with Crippen molar-refractivity contribution in [3.8, 4) is 17.2 Å². The summed E-state index contributed by atoms with van der Waals surface area (Å²) < 4.78 is 16.6. The van der Waals surface area contributed by atoms with Crippen LogP contribution in [0.3, 0.4) is 0 Å². The fourth-order valence-electron chi connectivity index (χ4n) is 2.71. The molecule has 0 aliphatic heterocycles. The molecule has 124 valence electrons. The molecule has 0 radical (unpaired) electrons. The summed E-state index contributed by atoms with van der Waals surface area (Å²) in [5, 5.41) is 0. The molecule has 2 aromatic rings. The van der Waals surface area contributed by atoms with Gasteiger partial charge in [-0.05, 0) is 49.1 Å². The molecule has 1 unspecified atom stereocenters. The second kappa shape index (κ2) is 8.44. The maximum Gasteiger partial charge on any atom is 0.203 e. The van der Waals surface area contributed by atoms with Gasteiger partial charge in [-0.25, -0.2) is 0 Å². The summed E-state index contributed by atoms with van der Waals surface area (Å²) in [6, 6.07) is 13.9. The Labute approximate surface area is 138 Å². The van der Waals surface area contributed by atoms with Gasteiger partial charge in [-0.15, -0.1) is 0 Å². The van der Waals surface area contributed by atoms with E-state index in [9.17, 15) is 0 Å². The summed E-state index contributed by atoms with van der Waals surface area (Å²) in [4.78, 5) is 0. The van der Waals surface area contributed by atoms with Gasteiger partial charge in [-0.1, -0.05) is 30.3 Å². The molecule has 0 aliphatic rings. The van der Waals surface area contributed by atoms with Crippen LogP contribution in [0.4, 0.5) is 0 Å². The molecule has 4 heteroatoms. The van der Waals surface area contributed by atoms with Crippen LogP contribution in [0.25, 0.3) is 0 Å². The Balaban J connectivity index is 2.05. The number of ether oxygens (including phenoxy) is 3. The maximum absolute atomic E-state index is 5.96. The molecular formula is C19H25NO3. The van der Waals surface area contributed by atoms with Crippen LogP contribution in [0.15, 0.2) is 42.5 Å². The largest absolute Gasteiger partial charge is 0.493 e. The molecule has 0 saturated carbocycles. The molecule has 0 fully saturated rings. The van der Waals surface area contributed by atoms with Crippen molar-refractivity contribution in [1.82, 2.24) is 0 Å². The van der Waals surface area contributed by atoms with Crippen molar-refractivity contribution in [3.63, 3.8) is 0 Å². The van der Waals surface area contributed by atoms with Crippen molar-refractivity contribution < 1.29 is 14.2 Å². The van der Waals surface area contributed by atoms with Crippen LogP contribution in [0.1, 0.15) is 23.5 Å². The van der Waals surface area contributed by atoms with Crippen LogP contribution < -0.4 is 19.9 Å². The molecule has 2 N–H and O–H groups in total. The zero-order valence-electron chi connectivity index (χ0n) is 14.0. The standard InChI is InChI=1S/C19H25NO3/c1-14-7-4-5-8-16(14)15(13-20)11-12-23-19-17(21-2)9-6-10-18(19)22-3/h4-10,15H,11-13,20H2,1-3H3. The summed E-state index contributed by atoms with van der Waals surface area (Å²) in [6.45, 7) is 3.26. The molecule has 2 aromatic carbocycles. The Kier molecular flexibility index (Phi) is 6.29. The predicted molar refractivity (Wildman–Crippen MR) is 92.6 cm³/mol. The lowest BCUT2D eigenvalue weighted by atomic mass is 9.92. The highest BCUT2D eigenvalue weighted by Crippen LogP contribution is 2.37. The van der Waals surface area contributed by atoms with E-state index in [1.807, 2.05) is 24.3 Å². The van der Waals surface area contributed by atoms with Crippen molar-refractivity contribution in [1.29, 1.82) is 0 Å². The second-order valence-electron chi connectivity index (χ2n) is 5.42. The Morgan fingerprint density at radius 1 is 0.957 bits per heavy atom. The van der Waals surface area contributed by atoms with Crippen LogP contribution in [0.5, 0.6) is 17.2 Å². The fourth-order valence-corrected chi connectivity index (χ4v) is 2.71. The topological polar surface area (TPSA) is 53.7 Å². The predicted octanol–water partition coefficient (Wildman–Crippen LogP) is 3.52. The van der Waals surface area contributed by atoms with Crippen LogP contribution in [-0.4, -0.2) is 27.4 Å². The Morgan fingerprint density at radius 3 is 2.17 bits per heavy atom. The zero-order valence-corrected chi connectivity index (χ0v) is 14.0. The molecule has 0 aliphatic carbocycles. The Hall–Kier alpha value is -2.20. The summed E-state index contributed by atoms with van der Waals surface area (Å²) in [6.07, 6.45) is 0.836. The minimum Gasteiger partial charge on any atom is -0.493 e. The van der Waals surface area contributed by atoms with Gasteiger partial charge < -0.3 is 19.9 Å². The van der Waals surface area contributed by atoms with Gasteiger partial charge in [-0.2, -0.15) is 0 Å². The van der Waals surface area contributed by atoms with Crippen molar-refractivity contribution in [2.24, 2.45) is 5.73 Å². The lowest BCUT2D eigenvalue weighted by Gasteiger charge is -2.19. The van der Waals surface area contributed by atoms with Gasteiger partial charge in [0, 0.05) is 0 Å². The minimum absolute atomic E-state index is 0.275. The Morgan fingerprint density at radius 2 is 1.61 bits per heavy atom. The second-order valence-corrected chi connectivity index (χ2v) is 5.42. The van der Waals surface area contributed by atoms with E-state index in [0.29, 0.717) is 30.4 Å². The van der Waals surface area contributed by atoms with E-state index in [1.54, 1.807) is 14.2 Å². The van der Waals surface area contributed by atoms with Gasteiger partial charge in [0.15, 0.2) is 11.5 Å². The quantitative estimate of drug-likeness (QED) is 0.810. The van der Waals surface area contributed by atoms with E-state index < -0.39 is 0 Å².